The quantitative estimate of drug-likeness (QED) is 0.200. The summed E-state index contributed by atoms with van der Waals surface area (Å²) in [5.41, 5.74) is 1.14. The van der Waals surface area contributed by atoms with Crippen molar-refractivity contribution >= 4 is 52.7 Å². The highest BCUT2D eigenvalue weighted by Crippen LogP contribution is 2.31. The number of amides is 2. The molecule has 8 heteroatoms. The number of rotatable bonds is 6. The normalized spacial score (nSPS) is 14.6. The van der Waals surface area contributed by atoms with Crippen LogP contribution in [0, 0.1) is 0 Å². The van der Waals surface area contributed by atoms with Crippen LogP contribution >= 0.6 is 24.0 Å². The largest absolute Gasteiger partial charge is 0.457 e. The van der Waals surface area contributed by atoms with Gasteiger partial charge in [-0.3, -0.25) is 19.8 Å². The van der Waals surface area contributed by atoms with E-state index < -0.39 is 11.8 Å². The van der Waals surface area contributed by atoms with Crippen molar-refractivity contribution in [3.63, 3.8) is 0 Å². The third-order valence-corrected chi connectivity index (χ3v) is 6.56. The lowest BCUT2D eigenvalue weighted by Crippen LogP contribution is -2.54. The molecule has 5 rings (SSSR count). The number of thiocarbonyl (C=S) groups is 1. The van der Waals surface area contributed by atoms with Crippen molar-refractivity contribution in [3.8, 4) is 11.5 Å². The fourth-order valence-electron chi connectivity index (χ4n) is 3.53. The van der Waals surface area contributed by atoms with Gasteiger partial charge in [-0.1, -0.05) is 54.2 Å². The number of pyridine rings is 1. The maximum Gasteiger partial charge on any atom is 0.270 e. The summed E-state index contributed by atoms with van der Waals surface area (Å²) in [6.45, 7) is 0. The predicted octanol–water partition coefficient (Wildman–Crippen LogP) is 5.86. The molecule has 1 fully saturated rings. The molecule has 0 aliphatic carbocycles. The molecular formula is C28H19N3O3S2. The van der Waals surface area contributed by atoms with E-state index in [1.54, 1.807) is 42.6 Å². The lowest BCUT2D eigenvalue weighted by Gasteiger charge is -2.29. The molecule has 3 aromatic carbocycles. The van der Waals surface area contributed by atoms with E-state index >= 15 is 0 Å². The second-order valence-electron chi connectivity index (χ2n) is 7.68. The van der Waals surface area contributed by atoms with E-state index in [2.05, 4.69) is 10.3 Å². The zero-order valence-corrected chi connectivity index (χ0v) is 20.5. The summed E-state index contributed by atoms with van der Waals surface area (Å²) in [5.74, 6) is 0.246. The number of aromatic nitrogens is 1. The first-order valence-corrected chi connectivity index (χ1v) is 12.2. The van der Waals surface area contributed by atoms with E-state index in [9.17, 15) is 9.59 Å². The standard InChI is InChI=1S/C28H19N3O3S2/c32-25-24(18-19-8-7-17-29-26(19)36-23-11-5-2-6-12-23)27(33)31(28(35)30-25)20-13-15-22(16-14-20)34-21-9-3-1-4-10-21/h1-18H,(H,30,32,35)/b24-18+. The van der Waals surface area contributed by atoms with E-state index in [0.29, 0.717) is 27.8 Å². The SMILES string of the molecule is O=C1NC(=S)N(c2ccc(Oc3ccccc3)cc2)C(=O)/C1=C/c1cccnc1Sc1ccccc1. The van der Waals surface area contributed by atoms with Crippen LogP contribution in [0.5, 0.6) is 11.5 Å². The second-order valence-corrected chi connectivity index (χ2v) is 9.13. The molecule has 0 spiro atoms. The highest BCUT2D eigenvalue weighted by Gasteiger charge is 2.34. The van der Waals surface area contributed by atoms with Gasteiger partial charge in [0.05, 0.1) is 5.69 Å². The summed E-state index contributed by atoms with van der Waals surface area (Å²) < 4.78 is 5.83. The van der Waals surface area contributed by atoms with Gasteiger partial charge in [0.15, 0.2) is 5.11 Å². The molecule has 1 aliphatic rings. The van der Waals surface area contributed by atoms with Crippen molar-refractivity contribution in [1.29, 1.82) is 0 Å². The maximum atomic E-state index is 13.4. The molecule has 0 bridgehead atoms. The Labute approximate surface area is 217 Å². The van der Waals surface area contributed by atoms with Crippen LogP contribution in [0.1, 0.15) is 5.56 Å². The first-order chi connectivity index (χ1) is 17.6. The molecule has 2 amide bonds. The third-order valence-electron chi connectivity index (χ3n) is 5.23. The van der Waals surface area contributed by atoms with Crippen LogP contribution in [-0.2, 0) is 9.59 Å². The molecule has 1 aliphatic heterocycles. The van der Waals surface area contributed by atoms with Crippen LogP contribution < -0.4 is 15.0 Å². The molecule has 176 valence electrons. The number of nitrogens with one attached hydrogen (secondary N) is 1. The summed E-state index contributed by atoms with van der Waals surface area (Å²) in [4.78, 5) is 33.0. The molecule has 2 heterocycles. The van der Waals surface area contributed by atoms with Crippen molar-refractivity contribution < 1.29 is 14.3 Å². The Hall–Kier alpha value is -4.27. The van der Waals surface area contributed by atoms with Gasteiger partial charge in [0.1, 0.15) is 22.1 Å². The van der Waals surface area contributed by atoms with Gasteiger partial charge in [-0.25, -0.2) is 4.98 Å². The number of para-hydroxylation sites is 1. The van der Waals surface area contributed by atoms with Crippen molar-refractivity contribution in [3.05, 3.63) is 114 Å². The van der Waals surface area contributed by atoms with Gasteiger partial charge in [-0.05, 0) is 72.9 Å². The van der Waals surface area contributed by atoms with Crippen LogP contribution in [0.25, 0.3) is 6.08 Å². The molecular weight excluding hydrogens is 490 g/mol. The summed E-state index contributed by atoms with van der Waals surface area (Å²) >= 11 is 6.78. The Morgan fingerprint density at radius 3 is 2.22 bits per heavy atom. The van der Waals surface area contributed by atoms with Crippen molar-refractivity contribution in [2.24, 2.45) is 0 Å². The zero-order valence-electron chi connectivity index (χ0n) is 18.8. The Bertz CT molecular complexity index is 1460. The van der Waals surface area contributed by atoms with Crippen molar-refractivity contribution in [2.45, 2.75) is 9.92 Å². The van der Waals surface area contributed by atoms with Crippen LogP contribution in [-0.4, -0.2) is 21.9 Å². The van der Waals surface area contributed by atoms with Crippen LogP contribution in [0.3, 0.4) is 0 Å². The topological polar surface area (TPSA) is 71.5 Å². The highest BCUT2D eigenvalue weighted by atomic mass is 32.2. The lowest BCUT2D eigenvalue weighted by atomic mass is 10.1. The molecule has 1 N–H and O–H groups in total. The van der Waals surface area contributed by atoms with Crippen molar-refractivity contribution in [1.82, 2.24) is 10.3 Å². The van der Waals surface area contributed by atoms with E-state index in [4.69, 9.17) is 17.0 Å². The average molecular weight is 510 g/mol. The maximum absolute atomic E-state index is 13.4. The number of hydrogen-bond donors (Lipinski definition) is 1. The zero-order chi connectivity index (χ0) is 24.9. The smallest absolute Gasteiger partial charge is 0.270 e. The molecule has 1 saturated heterocycles. The first-order valence-electron chi connectivity index (χ1n) is 11.0. The summed E-state index contributed by atoms with van der Waals surface area (Å²) in [6.07, 6.45) is 3.23. The highest BCUT2D eigenvalue weighted by molar-refractivity contribution is 7.99. The minimum Gasteiger partial charge on any atom is -0.457 e. The number of carbonyl (C=O) groups excluding carboxylic acids is 2. The van der Waals surface area contributed by atoms with Gasteiger partial charge >= 0.3 is 0 Å². The van der Waals surface area contributed by atoms with E-state index in [1.165, 1.54) is 16.7 Å². The van der Waals surface area contributed by atoms with Crippen molar-refractivity contribution in [2.75, 3.05) is 4.90 Å². The number of hydrogen-bond acceptors (Lipinski definition) is 6. The van der Waals surface area contributed by atoms with Crippen LogP contribution in [0.2, 0.25) is 0 Å². The minimum atomic E-state index is -0.551. The lowest BCUT2D eigenvalue weighted by molar-refractivity contribution is -0.122. The molecule has 1 aromatic heterocycles. The molecule has 0 radical (unpaired) electrons. The predicted molar refractivity (Wildman–Crippen MR) is 144 cm³/mol. The van der Waals surface area contributed by atoms with Crippen LogP contribution in [0.4, 0.5) is 5.69 Å². The van der Waals surface area contributed by atoms with Gasteiger partial charge in [-0.15, -0.1) is 0 Å². The number of anilines is 1. The van der Waals surface area contributed by atoms with Gasteiger partial charge in [0.25, 0.3) is 11.8 Å². The first kappa shape index (κ1) is 23.5. The van der Waals surface area contributed by atoms with E-state index in [0.717, 1.165) is 4.90 Å². The molecule has 4 aromatic rings. The number of benzene rings is 3. The third kappa shape index (κ3) is 5.19. The molecule has 6 nitrogen and oxygen atoms in total. The van der Waals surface area contributed by atoms with Gasteiger partial charge in [0.2, 0.25) is 0 Å². The Balaban J connectivity index is 1.42. The van der Waals surface area contributed by atoms with Gasteiger partial charge in [0, 0.05) is 16.7 Å². The number of ether oxygens (including phenoxy) is 1. The fraction of sp³-hybridized carbons (Fsp3) is 0. The fourth-order valence-corrected chi connectivity index (χ4v) is 4.69. The molecule has 0 unspecified atom stereocenters. The average Bonchev–Trinajstić information content (AvgIpc) is 2.89. The van der Waals surface area contributed by atoms with Gasteiger partial charge in [-0.2, -0.15) is 0 Å². The van der Waals surface area contributed by atoms with Crippen LogP contribution in [0.15, 0.2) is 119 Å². The Morgan fingerprint density at radius 2 is 1.50 bits per heavy atom. The number of nitrogens with zero attached hydrogens (tertiary/aromatic N) is 2. The summed E-state index contributed by atoms with van der Waals surface area (Å²) in [6, 6.07) is 29.7. The molecule has 0 saturated carbocycles. The molecule has 36 heavy (non-hydrogen) atoms. The second kappa shape index (κ2) is 10.6. The summed E-state index contributed by atoms with van der Waals surface area (Å²) in [7, 11) is 0. The van der Waals surface area contributed by atoms with E-state index in [1.807, 2.05) is 66.7 Å². The molecule has 0 atom stereocenters. The monoisotopic (exact) mass is 509 g/mol. The van der Waals surface area contributed by atoms with Gasteiger partial charge < -0.3 is 4.74 Å². The summed E-state index contributed by atoms with van der Waals surface area (Å²) in [5, 5.41) is 3.32. The van der Waals surface area contributed by atoms with E-state index in [-0.39, 0.29) is 10.7 Å². The Morgan fingerprint density at radius 1 is 0.833 bits per heavy atom. The Kier molecular flexibility index (Phi) is 6.88. The number of carbonyl (C=O) groups is 2. The minimum absolute atomic E-state index is 0.0175.